The van der Waals surface area contributed by atoms with E-state index >= 15 is 0 Å². The average Bonchev–Trinajstić information content (AvgIpc) is 3.07. The Morgan fingerprint density at radius 2 is 1.94 bits per heavy atom. The van der Waals surface area contributed by atoms with Crippen LogP contribution in [-0.4, -0.2) is 19.0 Å². The Balaban J connectivity index is 2.05. The van der Waals surface area contributed by atoms with Gasteiger partial charge < -0.3 is 11.1 Å². The monoisotopic (exact) mass is 232 g/mol. The summed E-state index contributed by atoms with van der Waals surface area (Å²) < 4.78 is 0. The Bertz CT molecular complexity index is 416. The quantitative estimate of drug-likeness (QED) is 0.831. The van der Waals surface area contributed by atoms with Crippen LogP contribution < -0.4 is 11.1 Å². The average molecular weight is 232 g/mol. The van der Waals surface area contributed by atoms with Crippen molar-refractivity contribution >= 4 is 5.91 Å². The van der Waals surface area contributed by atoms with Crippen LogP contribution in [0.3, 0.4) is 0 Å². The maximum atomic E-state index is 12.1. The van der Waals surface area contributed by atoms with Crippen LogP contribution in [0, 0.1) is 19.3 Å². The van der Waals surface area contributed by atoms with Crippen molar-refractivity contribution < 1.29 is 4.79 Å². The molecule has 0 heterocycles. The van der Waals surface area contributed by atoms with E-state index in [9.17, 15) is 4.79 Å². The number of benzene rings is 1. The molecule has 3 N–H and O–H groups in total. The van der Waals surface area contributed by atoms with Crippen LogP contribution in [0.15, 0.2) is 18.2 Å². The molecule has 0 aliphatic heterocycles. The Hall–Kier alpha value is -1.35. The summed E-state index contributed by atoms with van der Waals surface area (Å²) in [4.78, 5) is 12.1. The lowest BCUT2D eigenvalue weighted by molar-refractivity contribution is 0.0944. The van der Waals surface area contributed by atoms with Gasteiger partial charge in [-0.1, -0.05) is 18.2 Å². The number of nitrogens with one attached hydrogen (secondary N) is 1. The summed E-state index contributed by atoms with van der Waals surface area (Å²) >= 11 is 0. The summed E-state index contributed by atoms with van der Waals surface area (Å²) in [6.45, 7) is 5.31. The standard InChI is InChI=1S/C14H20N2O/c1-10-4-3-5-11(2)12(10)13(17)16-9-14(8-15)6-7-14/h3-5H,6-9,15H2,1-2H3,(H,16,17). The molecule has 3 heteroatoms. The van der Waals surface area contributed by atoms with Gasteiger partial charge >= 0.3 is 0 Å². The fraction of sp³-hybridized carbons (Fsp3) is 0.500. The highest BCUT2D eigenvalue weighted by molar-refractivity contribution is 5.97. The molecular weight excluding hydrogens is 212 g/mol. The van der Waals surface area contributed by atoms with E-state index in [0.29, 0.717) is 13.1 Å². The summed E-state index contributed by atoms with van der Waals surface area (Å²) in [5.41, 5.74) is 8.75. The van der Waals surface area contributed by atoms with Gasteiger partial charge in [0.15, 0.2) is 0 Å². The third-order valence-electron chi connectivity index (χ3n) is 3.72. The molecule has 0 radical (unpaired) electrons. The molecular formula is C14H20N2O. The summed E-state index contributed by atoms with van der Waals surface area (Å²) in [6.07, 6.45) is 2.27. The number of hydrogen-bond donors (Lipinski definition) is 2. The zero-order valence-corrected chi connectivity index (χ0v) is 10.5. The van der Waals surface area contributed by atoms with Crippen LogP contribution in [0.25, 0.3) is 0 Å². The van der Waals surface area contributed by atoms with E-state index < -0.39 is 0 Å². The number of carbonyl (C=O) groups excluding carboxylic acids is 1. The number of amides is 1. The van der Waals surface area contributed by atoms with Crippen LogP contribution in [0.1, 0.15) is 34.3 Å². The molecule has 1 saturated carbocycles. The molecule has 92 valence electrons. The molecule has 3 nitrogen and oxygen atoms in total. The van der Waals surface area contributed by atoms with Crippen LogP contribution >= 0.6 is 0 Å². The normalized spacial score (nSPS) is 16.6. The highest BCUT2D eigenvalue weighted by atomic mass is 16.1. The van der Waals surface area contributed by atoms with Gasteiger partial charge in [-0.15, -0.1) is 0 Å². The smallest absolute Gasteiger partial charge is 0.251 e. The number of hydrogen-bond acceptors (Lipinski definition) is 2. The van der Waals surface area contributed by atoms with Gasteiger partial charge in [-0.2, -0.15) is 0 Å². The number of rotatable bonds is 4. The van der Waals surface area contributed by atoms with Crippen molar-refractivity contribution in [1.29, 1.82) is 0 Å². The maximum Gasteiger partial charge on any atom is 0.251 e. The van der Waals surface area contributed by atoms with Crippen LogP contribution in [0.2, 0.25) is 0 Å². The fourth-order valence-electron chi connectivity index (χ4n) is 2.16. The van der Waals surface area contributed by atoms with Gasteiger partial charge in [0.05, 0.1) is 0 Å². The Labute approximate surface area is 102 Å². The van der Waals surface area contributed by atoms with Crippen molar-refractivity contribution in [3.05, 3.63) is 34.9 Å². The number of aryl methyl sites for hydroxylation is 2. The maximum absolute atomic E-state index is 12.1. The van der Waals surface area contributed by atoms with E-state index in [2.05, 4.69) is 5.32 Å². The van der Waals surface area contributed by atoms with E-state index in [1.54, 1.807) is 0 Å². The van der Waals surface area contributed by atoms with Crippen LogP contribution in [-0.2, 0) is 0 Å². The van der Waals surface area contributed by atoms with Crippen molar-refractivity contribution in [3.63, 3.8) is 0 Å². The highest BCUT2D eigenvalue weighted by Crippen LogP contribution is 2.43. The van der Waals surface area contributed by atoms with Gasteiger partial charge in [-0.25, -0.2) is 0 Å². The first-order valence-corrected chi connectivity index (χ1v) is 6.12. The molecule has 0 unspecified atom stereocenters. The molecule has 0 saturated heterocycles. The fourth-order valence-corrected chi connectivity index (χ4v) is 2.16. The molecule has 1 fully saturated rings. The molecule has 1 aromatic rings. The third-order valence-corrected chi connectivity index (χ3v) is 3.72. The molecule has 0 aromatic heterocycles. The topological polar surface area (TPSA) is 55.1 Å². The molecule has 0 spiro atoms. The van der Waals surface area contributed by atoms with Crippen molar-refractivity contribution in [2.24, 2.45) is 11.1 Å². The third kappa shape index (κ3) is 2.50. The SMILES string of the molecule is Cc1cccc(C)c1C(=O)NCC1(CN)CC1. The van der Waals surface area contributed by atoms with E-state index in [1.807, 2.05) is 32.0 Å². The first-order valence-electron chi connectivity index (χ1n) is 6.12. The number of carbonyl (C=O) groups is 1. The zero-order valence-electron chi connectivity index (χ0n) is 10.5. The molecule has 1 amide bonds. The molecule has 17 heavy (non-hydrogen) atoms. The van der Waals surface area contributed by atoms with Crippen LogP contribution in [0.4, 0.5) is 0 Å². The van der Waals surface area contributed by atoms with Gasteiger partial charge in [0.25, 0.3) is 5.91 Å². The largest absolute Gasteiger partial charge is 0.351 e. The summed E-state index contributed by atoms with van der Waals surface area (Å²) in [5, 5.41) is 3.02. The molecule has 0 bridgehead atoms. The van der Waals surface area contributed by atoms with E-state index in [0.717, 1.165) is 29.5 Å². The molecule has 1 aliphatic rings. The minimum atomic E-state index is 0.0281. The highest BCUT2D eigenvalue weighted by Gasteiger charge is 2.41. The molecule has 1 aliphatic carbocycles. The summed E-state index contributed by atoms with van der Waals surface area (Å²) in [7, 11) is 0. The molecule has 1 aromatic carbocycles. The Morgan fingerprint density at radius 3 is 2.41 bits per heavy atom. The Morgan fingerprint density at radius 1 is 1.35 bits per heavy atom. The van der Waals surface area contributed by atoms with Gasteiger partial charge in [-0.05, 0) is 44.4 Å². The van der Waals surface area contributed by atoms with Crippen LogP contribution in [0.5, 0.6) is 0 Å². The second-order valence-electron chi connectivity index (χ2n) is 5.15. The van der Waals surface area contributed by atoms with Crippen molar-refractivity contribution in [1.82, 2.24) is 5.32 Å². The molecule has 0 atom stereocenters. The van der Waals surface area contributed by atoms with Gasteiger partial charge in [0.1, 0.15) is 0 Å². The predicted molar refractivity (Wildman–Crippen MR) is 69.0 cm³/mol. The summed E-state index contributed by atoms with van der Waals surface area (Å²) in [5.74, 6) is 0.0281. The first kappa shape index (κ1) is 12.1. The van der Waals surface area contributed by atoms with E-state index in [4.69, 9.17) is 5.73 Å². The van der Waals surface area contributed by atoms with Crippen molar-refractivity contribution in [3.8, 4) is 0 Å². The Kier molecular flexibility index (Phi) is 3.20. The second kappa shape index (κ2) is 4.49. The molecule has 2 rings (SSSR count). The summed E-state index contributed by atoms with van der Waals surface area (Å²) in [6, 6.07) is 5.92. The zero-order chi connectivity index (χ0) is 12.5. The predicted octanol–water partition coefficient (Wildman–Crippen LogP) is 1.77. The lowest BCUT2D eigenvalue weighted by Crippen LogP contribution is -2.34. The van der Waals surface area contributed by atoms with Crippen molar-refractivity contribution in [2.45, 2.75) is 26.7 Å². The second-order valence-corrected chi connectivity index (χ2v) is 5.15. The lowest BCUT2D eigenvalue weighted by Gasteiger charge is -2.15. The van der Waals surface area contributed by atoms with E-state index in [1.165, 1.54) is 0 Å². The van der Waals surface area contributed by atoms with Gasteiger partial charge in [-0.3, -0.25) is 4.79 Å². The van der Waals surface area contributed by atoms with Gasteiger partial charge in [0, 0.05) is 17.5 Å². The number of nitrogens with two attached hydrogens (primary N) is 1. The minimum absolute atomic E-state index is 0.0281. The first-order chi connectivity index (χ1) is 8.08. The van der Waals surface area contributed by atoms with E-state index in [-0.39, 0.29) is 11.3 Å². The van der Waals surface area contributed by atoms with Gasteiger partial charge in [0.2, 0.25) is 0 Å². The lowest BCUT2D eigenvalue weighted by atomic mass is 10.0. The minimum Gasteiger partial charge on any atom is -0.351 e. The van der Waals surface area contributed by atoms with Crippen molar-refractivity contribution in [2.75, 3.05) is 13.1 Å².